The molecule has 0 bridgehead atoms. The molecule has 0 spiro atoms. The molecule has 0 rings (SSSR count). The maximum Gasteiger partial charge on any atom is 0.304 e. The standard InChI is InChI=1S/C5H12N2S/c1-6(2)5(8)7(3)4/h1-4H3/p+1. The number of rotatable bonds is 0. The topological polar surface area (TPSA) is 6.25 Å². The molecule has 0 aliphatic carbocycles. The fourth-order valence-corrected chi connectivity index (χ4v) is 0.400. The number of nitrogens with zero attached hydrogens (tertiary/aromatic N) is 2. The lowest BCUT2D eigenvalue weighted by atomic mass is 10.9. The third-order valence-corrected chi connectivity index (χ3v) is 1.60. The molecule has 0 aromatic heterocycles. The number of hydrogen-bond acceptors (Lipinski definition) is 0. The highest BCUT2D eigenvalue weighted by molar-refractivity contribution is 7.96. The Bertz CT molecular complexity index is 103. The molecular weight excluding hydrogens is 120 g/mol. The van der Waals surface area contributed by atoms with Crippen molar-refractivity contribution < 1.29 is 4.58 Å². The lowest BCUT2D eigenvalue weighted by Crippen LogP contribution is -2.24. The zero-order chi connectivity index (χ0) is 6.73. The lowest BCUT2D eigenvalue weighted by Gasteiger charge is -2.03. The summed E-state index contributed by atoms with van der Waals surface area (Å²) in [5.74, 6) is 0. The highest BCUT2D eigenvalue weighted by atomic mass is 32.1. The van der Waals surface area contributed by atoms with Gasteiger partial charge >= 0.3 is 5.17 Å². The third kappa shape index (κ3) is 2.21. The number of hydrogen-bond donors (Lipinski definition) is 1. The van der Waals surface area contributed by atoms with Crippen LogP contribution in [0.1, 0.15) is 0 Å². The largest absolute Gasteiger partial charge is 0.304 e. The summed E-state index contributed by atoms with van der Waals surface area (Å²) in [6.45, 7) is 0. The van der Waals surface area contributed by atoms with E-state index in [-0.39, 0.29) is 0 Å². The van der Waals surface area contributed by atoms with Gasteiger partial charge in [-0.3, -0.25) is 9.48 Å². The predicted molar refractivity (Wildman–Crippen MR) is 39.8 cm³/mol. The SMILES string of the molecule is CN(C)C(S)=[N+](C)C. The minimum atomic E-state index is 0.963. The first-order valence-electron chi connectivity index (χ1n) is 2.46. The first kappa shape index (κ1) is 7.82. The normalized spacial score (nSPS) is 8.62. The molecule has 2 nitrogen and oxygen atoms in total. The molecule has 0 aliphatic rings. The van der Waals surface area contributed by atoms with Gasteiger partial charge in [-0.05, 0) is 0 Å². The minimum absolute atomic E-state index is 0.963. The molecule has 0 saturated carbocycles. The molecule has 0 aliphatic heterocycles. The highest BCUT2D eigenvalue weighted by Crippen LogP contribution is 1.84. The molecule has 0 unspecified atom stereocenters. The molecule has 0 aromatic carbocycles. The molecular formula is C5H13N2S+. The van der Waals surface area contributed by atoms with E-state index in [2.05, 4.69) is 12.6 Å². The Hall–Kier alpha value is -0.180. The average molecular weight is 133 g/mol. The van der Waals surface area contributed by atoms with E-state index in [4.69, 9.17) is 0 Å². The molecule has 3 heteroatoms. The maximum atomic E-state index is 4.19. The zero-order valence-electron chi connectivity index (χ0n) is 5.84. The summed E-state index contributed by atoms with van der Waals surface area (Å²) in [6, 6.07) is 0. The minimum Gasteiger partial charge on any atom is -0.262 e. The summed E-state index contributed by atoms with van der Waals surface area (Å²) < 4.78 is 1.95. The lowest BCUT2D eigenvalue weighted by molar-refractivity contribution is -0.466. The van der Waals surface area contributed by atoms with Crippen molar-refractivity contribution in [3.05, 3.63) is 0 Å². The summed E-state index contributed by atoms with van der Waals surface area (Å²) in [5.41, 5.74) is 0. The van der Waals surface area contributed by atoms with Gasteiger partial charge in [0.25, 0.3) is 0 Å². The van der Waals surface area contributed by atoms with Gasteiger partial charge in [-0.2, -0.15) is 0 Å². The number of amidine groups is 1. The Kier molecular flexibility index (Phi) is 2.90. The molecule has 0 heterocycles. The monoisotopic (exact) mass is 133 g/mol. The van der Waals surface area contributed by atoms with Crippen molar-refractivity contribution >= 4 is 17.8 Å². The van der Waals surface area contributed by atoms with E-state index in [0.717, 1.165) is 5.17 Å². The van der Waals surface area contributed by atoms with Crippen molar-refractivity contribution in [2.75, 3.05) is 28.2 Å². The summed E-state index contributed by atoms with van der Waals surface area (Å²) in [5, 5.41) is 0.963. The van der Waals surface area contributed by atoms with Crippen LogP contribution in [0.15, 0.2) is 0 Å². The van der Waals surface area contributed by atoms with Gasteiger partial charge in [0.1, 0.15) is 0 Å². The average Bonchev–Trinajstić information content (AvgIpc) is 1.64. The molecule has 48 valence electrons. The highest BCUT2D eigenvalue weighted by Gasteiger charge is 2.01. The molecule has 0 fully saturated rings. The van der Waals surface area contributed by atoms with Gasteiger partial charge in [0.15, 0.2) is 0 Å². The second-order valence-corrected chi connectivity index (χ2v) is 2.49. The van der Waals surface area contributed by atoms with Crippen molar-refractivity contribution in [1.29, 1.82) is 0 Å². The Morgan fingerprint density at radius 2 is 1.75 bits per heavy atom. The fraction of sp³-hybridized carbons (Fsp3) is 0.800. The van der Waals surface area contributed by atoms with Gasteiger partial charge in [0.05, 0.1) is 28.2 Å². The first-order valence-corrected chi connectivity index (χ1v) is 2.91. The summed E-state index contributed by atoms with van der Waals surface area (Å²) in [4.78, 5) is 1.95. The van der Waals surface area contributed by atoms with E-state index in [1.807, 2.05) is 37.7 Å². The maximum absolute atomic E-state index is 4.19. The van der Waals surface area contributed by atoms with E-state index in [9.17, 15) is 0 Å². The van der Waals surface area contributed by atoms with E-state index in [1.165, 1.54) is 0 Å². The van der Waals surface area contributed by atoms with Crippen molar-refractivity contribution in [2.45, 2.75) is 0 Å². The van der Waals surface area contributed by atoms with Crippen LogP contribution in [0.25, 0.3) is 0 Å². The smallest absolute Gasteiger partial charge is 0.262 e. The van der Waals surface area contributed by atoms with Gasteiger partial charge in [0, 0.05) is 0 Å². The van der Waals surface area contributed by atoms with Crippen LogP contribution >= 0.6 is 12.6 Å². The molecule has 0 saturated heterocycles. The summed E-state index contributed by atoms with van der Waals surface area (Å²) in [6.07, 6.45) is 0. The fourth-order valence-electron chi connectivity index (χ4n) is 0.400. The second kappa shape index (κ2) is 2.97. The molecule has 0 aromatic rings. The second-order valence-electron chi connectivity index (χ2n) is 2.09. The van der Waals surface area contributed by atoms with E-state index >= 15 is 0 Å². The summed E-state index contributed by atoms with van der Waals surface area (Å²) in [7, 11) is 7.84. The Morgan fingerprint density at radius 1 is 1.38 bits per heavy atom. The van der Waals surface area contributed by atoms with E-state index < -0.39 is 0 Å². The zero-order valence-corrected chi connectivity index (χ0v) is 6.74. The van der Waals surface area contributed by atoms with Gasteiger partial charge in [-0.25, -0.2) is 0 Å². The van der Waals surface area contributed by atoms with Crippen LogP contribution in [0.3, 0.4) is 0 Å². The Labute approximate surface area is 56.2 Å². The molecule has 0 atom stereocenters. The van der Waals surface area contributed by atoms with Crippen LogP contribution in [0.4, 0.5) is 0 Å². The Morgan fingerprint density at radius 3 is 1.75 bits per heavy atom. The van der Waals surface area contributed by atoms with Gasteiger partial charge in [0.2, 0.25) is 0 Å². The molecule has 8 heavy (non-hydrogen) atoms. The van der Waals surface area contributed by atoms with Crippen molar-refractivity contribution in [3.63, 3.8) is 0 Å². The summed E-state index contributed by atoms with van der Waals surface area (Å²) >= 11 is 4.19. The van der Waals surface area contributed by atoms with Crippen LogP contribution in [0.5, 0.6) is 0 Å². The Balaban J connectivity index is 4.00. The van der Waals surface area contributed by atoms with Crippen LogP contribution in [-0.4, -0.2) is 42.8 Å². The quantitative estimate of drug-likeness (QED) is 0.213. The molecule has 0 amide bonds. The van der Waals surface area contributed by atoms with Crippen molar-refractivity contribution in [1.82, 2.24) is 4.90 Å². The molecule has 0 radical (unpaired) electrons. The van der Waals surface area contributed by atoms with E-state index in [1.54, 1.807) is 0 Å². The predicted octanol–water partition coefficient (Wildman–Crippen LogP) is 0.106. The third-order valence-electron chi connectivity index (χ3n) is 0.800. The van der Waals surface area contributed by atoms with Crippen molar-refractivity contribution in [2.24, 2.45) is 0 Å². The molecule has 0 N–H and O–H groups in total. The van der Waals surface area contributed by atoms with Gasteiger partial charge in [-0.1, -0.05) is 12.6 Å². The van der Waals surface area contributed by atoms with Crippen LogP contribution in [-0.2, 0) is 0 Å². The van der Waals surface area contributed by atoms with Gasteiger partial charge < -0.3 is 0 Å². The van der Waals surface area contributed by atoms with Crippen LogP contribution < -0.4 is 0 Å². The number of thiol groups is 1. The van der Waals surface area contributed by atoms with Gasteiger partial charge in [-0.15, -0.1) is 0 Å². The van der Waals surface area contributed by atoms with Crippen molar-refractivity contribution in [3.8, 4) is 0 Å². The van der Waals surface area contributed by atoms with Crippen LogP contribution in [0, 0.1) is 0 Å². The first-order chi connectivity index (χ1) is 3.55. The van der Waals surface area contributed by atoms with E-state index in [0.29, 0.717) is 0 Å². The van der Waals surface area contributed by atoms with Crippen LogP contribution in [0.2, 0.25) is 0 Å².